The summed E-state index contributed by atoms with van der Waals surface area (Å²) in [5, 5.41) is 9.31. The molecule has 2 aromatic rings. The second-order valence-electron chi connectivity index (χ2n) is 5.82. The van der Waals surface area contributed by atoms with E-state index in [-0.39, 0.29) is 23.6 Å². The maximum absolute atomic E-state index is 12.6. The zero-order chi connectivity index (χ0) is 16.1. The van der Waals surface area contributed by atoms with Crippen LogP contribution in [0.25, 0.3) is 0 Å². The predicted octanol–water partition coefficient (Wildman–Crippen LogP) is 3.19. The van der Waals surface area contributed by atoms with E-state index in [1.165, 1.54) is 0 Å². The van der Waals surface area contributed by atoms with Gasteiger partial charge in [-0.15, -0.1) is 0 Å². The van der Waals surface area contributed by atoms with Crippen LogP contribution in [0, 0.1) is 5.92 Å². The number of amides is 1. The van der Waals surface area contributed by atoms with Crippen molar-refractivity contribution in [2.24, 2.45) is 5.92 Å². The second-order valence-corrected chi connectivity index (χ2v) is 5.82. The number of benzene rings is 1. The number of hydrogen-bond donors (Lipinski definition) is 1. The van der Waals surface area contributed by atoms with Crippen molar-refractivity contribution in [3.8, 4) is 5.75 Å². The van der Waals surface area contributed by atoms with Crippen LogP contribution in [0.5, 0.6) is 5.75 Å². The lowest BCUT2D eigenvalue weighted by molar-refractivity contribution is -0.132. The molecule has 1 atom stereocenters. The fourth-order valence-corrected chi connectivity index (χ4v) is 2.67. The summed E-state index contributed by atoms with van der Waals surface area (Å²) >= 11 is 0. The van der Waals surface area contributed by atoms with Crippen molar-refractivity contribution in [2.75, 3.05) is 7.05 Å². The highest BCUT2D eigenvalue weighted by atomic mass is 16.3. The van der Waals surface area contributed by atoms with Gasteiger partial charge in [-0.25, -0.2) is 0 Å². The molecule has 0 spiro atoms. The quantitative estimate of drug-likeness (QED) is 0.922. The fourth-order valence-electron chi connectivity index (χ4n) is 2.67. The summed E-state index contributed by atoms with van der Waals surface area (Å²) in [4.78, 5) is 18.5. The van der Waals surface area contributed by atoms with Gasteiger partial charge in [-0.05, 0) is 35.2 Å². The van der Waals surface area contributed by atoms with Crippen LogP contribution in [0.4, 0.5) is 0 Å². The van der Waals surface area contributed by atoms with Crippen molar-refractivity contribution in [1.29, 1.82) is 0 Å². The number of aromatic nitrogens is 1. The van der Waals surface area contributed by atoms with E-state index in [1.54, 1.807) is 35.4 Å². The highest BCUT2D eigenvalue weighted by molar-refractivity contribution is 5.79. The highest BCUT2D eigenvalue weighted by Crippen LogP contribution is 2.27. The van der Waals surface area contributed by atoms with E-state index in [9.17, 15) is 9.90 Å². The molecule has 1 unspecified atom stereocenters. The van der Waals surface area contributed by atoms with Gasteiger partial charge >= 0.3 is 0 Å². The maximum Gasteiger partial charge on any atom is 0.227 e. The molecule has 0 aliphatic heterocycles. The van der Waals surface area contributed by atoms with Gasteiger partial charge in [0.05, 0.1) is 12.5 Å². The van der Waals surface area contributed by atoms with E-state index in [0.29, 0.717) is 6.42 Å². The summed E-state index contributed by atoms with van der Waals surface area (Å²) in [7, 11) is 1.83. The van der Waals surface area contributed by atoms with Gasteiger partial charge in [-0.3, -0.25) is 9.78 Å². The SMILES string of the molecule is CC(C)C(c1cccnc1)N(C)C(=O)Cc1ccc(O)cc1. The lowest BCUT2D eigenvalue weighted by atomic mass is 9.95. The van der Waals surface area contributed by atoms with Gasteiger partial charge in [0.2, 0.25) is 5.91 Å². The molecule has 0 bridgehead atoms. The Morgan fingerprint density at radius 2 is 1.91 bits per heavy atom. The first kappa shape index (κ1) is 16.0. The molecule has 4 heteroatoms. The van der Waals surface area contributed by atoms with Crippen LogP contribution in [-0.4, -0.2) is 27.9 Å². The molecule has 1 heterocycles. The summed E-state index contributed by atoms with van der Waals surface area (Å²) < 4.78 is 0. The summed E-state index contributed by atoms with van der Waals surface area (Å²) in [6.45, 7) is 4.20. The molecule has 0 radical (unpaired) electrons. The summed E-state index contributed by atoms with van der Waals surface area (Å²) in [6, 6.07) is 10.6. The number of aromatic hydroxyl groups is 1. The standard InChI is InChI=1S/C18H22N2O2/c1-13(2)18(15-5-4-10-19-12-15)20(3)17(22)11-14-6-8-16(21)9-7-14/h4-10,12-13,18,21H,11H2,1-3H3. The van der Waals surface area contributed by atoms with Crippen molar-refractivity contribution >= 4 is 5.91 Å². The van der Waals surface area contributed by atoms with Crippen LogP contribution < -0.4 is 0 Å². The normalized spacial score (nSPS) is 12.2. The number of rotatable bonds is 5. The van der Waals surface area contributed by atoms with Crippen LogP contribution in [0.2, 0.25) is 0 Å². The lowest BCUT2D eigenvalue weighted by Gasteiger charge is -2.31. The van der Waals surface area contributed by atoms with Crippen molar-refractivity contribution in [2.45, 2.75) is 26.3 Å². The Labute approximate surface area is 131 Å². The summed E-state index contributed by atoms with van der Waals surface area (Å²) in [5.41, 5.74) is 1.93. The first-order valence-corrected chi connectivity index (χ1v) is 7.42. The van der Waals surface area contributed by atoms with Crippen LogP contribution in [-0.2, 0) is 11.2 Å². The van der Waals surface area contributed by atoms with E-state index in [1.807, 2.05) is 25.4 Å². The van der Waals surface area contributed by atoms with Gasteiger partial charge < -0.3 is 10.0 Å². The van der Waals surface area contributed by atoms with Gasteiger partial charge in [0.25, 0.3) is 0 Å². The van der Waals surface area contributed by atoms with Crippen LogP contribution in [0.3, 0.4) is 0 Å². The molecule has 1 N–H and O–H groups in total. The Morgan fingerprint density at radius 1 is 1.23 bits per heavy atom. The van der Waals surface area contributed by atoms with E-state index < -0.39 is 0 Å². The molecular weight excluding hydrogens is 276 g/mol. The first-order chi connectivity index (χ1) is 10.5. The second kappa shape index (κ2) is 7.07. The van der Waals surface area contributed by atoms with E-state index >= 15 is 0 Å². The maximum atomic E-state index is 12.6. The minimum absolute atomic E-state index is 0.00156. The van der Waals surface area contributed by atoms with Gasteiger partial charge in [0.15, 0.2) is 0 Å². The lowest BCUT2D eigenvalue weighted by Crippen LogP contribution is -2.35. The van der Waals surface area contributed by atoms with E-state index in [4.69, 9.17) is 0 Å². The van der Waals surface area contributed by atoms with E-state index in [0.717, 1.165) is 11.1 Å². The van der Waals surface area contributed by atoms with Crippen molar-refractivity contribution in [3.05, 3.63) is 59.9 Å². The first-order valence-electron chi connectivity index (χ1n) is 7.42. The van der Waals surface area contributed by atoms with Crippen molar-refractivity contribution in [1.82, 2.24) is 9.88 Å². The van der Waals surface area contributed by atoms with Gasteiger partial charge in [-0.2, -0.15) is 0 Å². The third kappa shape index (κ3) is 3.85. The van der Waals surface area contributed by atoms with Gasteiger partial charge in [0, 0.05) is 19.4 Å². The molecule has 1 amide bonds. The number of likely N-dealkylation sites (N-methyl/N-ethyl adjacent to an activating group) is 1. The fraction of sp³-hybridized carbons (Fsp3) is 0.333. The topological polar surface area (TPSA) is 53.4 Å². The Morgan fingerprint density at radius 3 is 2.45 bits per heavy atom. The zero-order valence-electron chi connectivity index (χ0n) is 13.2. The molecule has 2 rings (SSSR count). The number of carbonyl (C=O) groups excluding carboxylic acids is 1. The smallest absolute Gasteiger partial charge is 0.227 e. The van der Waals surface area contributed by atoms with Crippen LogP contribution in [0.15, 0.2) is 48.8 Å². The molecular formula is C18H22N2O2. The predicted molar refractivity (Wildman–Crippen MR) is 86.4 cm³/mol. The molecule has 1 aromatic carbocycles. The minimum atomic E-state index is -0.00156. The Bertz CT molecular complexity index is 609. The Kier molecular flexibility index (Phi) is 5.15. The van der Waals surface area contributed by atoms with E-state index in [2.05, 4.69) is 18.8 Å². The monoisotopic (exact) mass is 298 g/mol. The third-order valence-electron chi connectivity index (χ3n) is 3.76. The number of hydrogen-bond acceptors (Lipinski definition) is 3. The molecule has 116 valence electrons. The molecule has 0 saturated heterocycles. The Balaban J connectivity index is 2.14. The number of phenols is 1. The zero-order valence-corrected chi connectivity index (χ0v) is 13.2. The van der Waals surface area contributed by atoms with Crippen molar-refractivity contribution < 1.29 is 9.90 Å². The number of pyridine rings is 1. The average molecular weight is 298 g/mol. The molecule has 4 nitrogen and oxygen atoms in total. The largest absolute Gasteiger partial charge is 0.508 e. The molecule has 0 saturated carbocycles. The molecule has 0 fully saturated rings. The number of nitrogens with zero attached hydrogens (tertiary/aromatic N) is 2. The van der Waals surface area contributed by atoms with Gasteiger partial charge in [-0.1, -0.05) is 32.0 Å². The number of carbonyl (C=O) groups is 1. The average Bonchev–Trinajstić information content (AvgIpc) is 2.50. The highest BCUT2D eigenvalue weighted by Gasteiger charge is 2.24. The minimum Gasteiger partial charge on any atom is -0.508 e. The molecule has 22 heavy (non-hydrogen) atoms. The van der Waals surface area contributed by atoms with Crippen molar-refractivity contribution in [3.63, 3.8) is 0 Å². The number of phenolic OH excluding ortho intramolecular Hbond substituents is 1. The Hall–Kier alpha value is -2.36. The molecule has 0 aliphatic carbocycles. The summed E-state index contributed by atoms with van der Waals surface area (Å²) in [6.07, 6.45) is 3.87. The third-order valence-corrected chi connectivity index (χ3v) is 3.76. The molecule has 1 aromatic heterocycles. The van der Waals surface area contributed by atoms with Gasteiger partial charge in [0.1, 0.15) is 5.75 Å². The summed E-state index contributed by atoms with van der Waals surface area (Å²) in [5.74, 6) is 0.547. The van der Waals surface area contributed by atoms with Crippen LogP contribution >= 0.6 is 0 Å². The molecule has 0 aliphatic rings. The van der Waals surface area contributed by atoms with Crippen LogP contribution in [0.1, 0.15) is 31.0 Å².